The van der Waals surface area contributed by atoms with Crippen molar-refractivity contribution >= 4 is 40.2 Å². The van der Waals surface area contributed by atoms with Crippen molar-refractivity contribution in [3.05, 3.63) is 40.2 Å². The SMILES string of the molecule is CCN(CC)c1ccc2cc(C(=O)NC(C(=O)NC(CC(=O)O)C(=O)CF)C(C)C)c(=O)oc2c1. The second-order valence-corrected chi connectivity index (χ2v) is 8.30. The maximum Gasteiger partial charge on any atom is 0.349 e. The number of fused-ring (bicyclic) bond motifs is 1. The molecule has 10 nitrogen and oxygen atoms in total. The molecule has 190 valence electrons. The third kappa shape index (κ3) is 6.87. The van der Waals surface area contributed by atoms with E-state index >= 15 is 0 Å². The largest absolute Gasteiger partial charge is 0.481 e. The number of rotatable bonds is 12. The molecule has 0 fully saturated rings. The number of hydrogen-bond donors (Lipinski definition) is 3. The lowest BCUT2D eigenvalue weighted by Gasteiger charge is -2.24. The number of amides is 2. The number of nitrogens with one attached hydrogen (secondary N) is 2. The van der Waals surface area contributed by atoms with Crippen molar-refractivity contribution in [3.63, 3.8) is 0 Å². The number of hydrogen-bond acceptors (Lipinski definition) is 7. The van der Waals surface area contributed by atoms with E-state index in [2.05, 4.69) is 15.5 Å². The van der Waals surface area contributed by atoms with Gasteiger partial charge in [0.25, 0.3) is 5.91 Å². The third-order valence-electron chi connectivity index (χ3n) is 5.54. The Morgan fingerprint density at radius 2 is 1.74 bits per heavy atom. The van der Waals surface area contributed by atoms with Crippen LogP contribution in [-0.4, -0.2) is 60.5 Å². The maximum atomic E-state index is 12.9. The van der Waals surface area contributed by atoms with E-state index in [4.69, 9.17) is 9.52 Å². The Balaban J connectivity index is 2.29. The summed E-state index contributed by atoms with van der Waals surface area (Å²) in [6, 6.07) is 3.80. The summed E-state index contributed by atoms with van der Waals surface area (Å²) >= 11 is 0. The number of Topliss-reactive ketones (excluding diaryl/α,β-unsaturated/α-hetero) is 1. The average Bonchev–Trinajstić information content (AvgIpc) is 2.81. The fraction of sp³-hybridized carbons (Fsp3) is 0.458. The fourth-order valence-electron chi connectivity index (χ4n) is 3.57. The van der Waals surface area contributed by atoms with Gasteiger partial charge < -0.3 is 25.1 Å². The number of benzene rings is 1. The number of carboxylic acids is 1. The van der Waals surface area contributed by atoms with Crippen LogP contribution in [0, 0.1) is 5.92 Å². The molecule has 11 heteroatoms. The lowest BCUT2D eigenvalue weighted by Crippen LogP contribution is -2.54. The summed E-state index contributed by atoms with van der Waals surface area (Å²) in [6.07, 6.45) is -0.809. The van der Waals surface area contributed by atoms with E-state index in [0.717, 1.165) is 18.8 Å². The minimum atomic E-state index is -1.59. The number of nitrogens with zero attached hydrogens (tertiary/aromatic N) is 1. The number of carbonyl (C=O) groups is 4. The molecule has 35 heavy (non-hydrogen) atoms. The molecule has 0 saturated carbocycles. The lowest BCUT2D eigenvalue weighted by molar-refractivity contribution is -0.140. The number of carboxylic acid groups (broad SMARTS) is 1. The maximum absolute atomic E-state index is 12.9. The van der Waals surface area contributed by atoms with Gasteiger partial charge in [0.2, 0.25) is 5.91 Å². The molecule has 0 aliphatic carbocycles. The molecule has 3 N–H and O–H groups in total. The summed E-state index contributed by atoms with van der Waals surface area (Å²) in [6.45, 7) is 7.26. The number of carbonyl (C=O) groups excluding carboxylic acids is 3. The first-order valence-electron chi connectivity index (χ1n) is 11.3. The Kier molecular flexibility index (Phi) is 9.50. The van der Waals surface area contributed by atoms with Gasteiger partial charge in [-0.25, -0.2) is 9.18 Å². The first-order valence-corrected chi connectivity index (χ1v) is 11.3. The van der Waals surface area contributed by atoms with E-state index in [-0.39, 0.29) is 5.56 Å². The van der Waals surface area contributed by atoms with E-state index in [9.17, 15) is 28.4 Å². The second-order valence-electron chi connectivity index (χ2n) is 8.30. The van der Waals surface area contributed by atoms with Gasteiger partial charge in [0.05, 0.1) is 6.42 Å². The van der Waals surface area contributed by atoms with Crippen LogP contribution in [0.5, 0.6) is 0 Å². The van der Waals surface area contributed by atoms with Crippen molar-refractivity contribution in [1.29, 1.82) is 0 Å². The molecule has 0 aliphatic heterocycles. The predicted octanol–water partition coefficient (Wildman–Crippen LogP) is 1.89. The van der Waals surface area contributed by atoms with Crippen LogP contribution in [0.2, 0.25) is 0 Å². The van der Waals surface area contributed by atoms with Crippen molar-refractivity contribution in [3.8, 4) is 0 Å². The van der Waals surface area contributed by atoms with Crippen LogP contribution in [0.15, 0.2) is 33.5 Å². The van der Waals surface area contributed by atoms with Crippen LogP contribution < -0.4 is 21.2 Å². The summed E-state index contributed by atoms with van der Waals surface area (Å²) < 4.78 is 18.2. The molecular weight excluding hydrogens is 461 g/mol. The van der Waals surface area contributed by atoms with E-state index in [0.29, 0.717) is 11.0 Å². The monoisotopic (exact) mass is 491 g/mol. The Bertz CT molecular complexity index is 1160. The summed E-state index contributed by atoms with van der Waals surface area (Å²) in [4.78, 5) is 62.9. The highest BCUT2D eigenvalue weighted by atomic mass is 19.1. The second kappa shape index (κ2) is 12.1. The predicted molar refractivity (Wildman–Crippen MR) is 127 cm³/mol. The normalized spacial score (nSPS) is 12.7. The number of halogens is 1. The zero-order valence-corrected chi connectivity index (χ0v) is 20.1. The molecule has 2 atom stereocenters. The van der Waals surface area contributed by atoms with Crippen molar-refractivity contribution in [1.82, 2.24) is 10.6 Å². The highest BCUT2D eigenvalue weighted by Crippen LogP contribution is 2.22. The zero-order chi connectivity index (χ0) is 26.3. The van der Waals surface area contributed by atoms with Gasteiger partial charge in [-0.15, -0.1) is 0 Å². The number of ketones is 1. The first-order chi connectivity index (χ1) is 16.5. The fourth-order valence-corrected chi connectivity index (χ4v) is 3.57. The first kappa shape index (κ1) is 27.5. The van der Waals surface area contributed by atoms with Crippen LogP contribution in [0.25, 0.3) is 11.0 Å². The van der Waals surface area contributed by atoms with Gasteiger partial charge in [-0.1, -0.05) is 13.8 Å². The minimum Gasteiger partial charge on any atom is -0.481 e. The lowest BCUT2D eigenvalue weighted by atomic mass is 10.0. The Hall–Kier alpha value is -3.76. The molecule has 0 spiro atoms. The van der Waals surface area contributed by atoms with Gasteiger partial charge in [0, 0.05) is 30.2 Å². The van der Waals surface area contributed by atoms with E-state index in [1.807, 2.05) is 19.9 Å². The molecule has 0 bridgehead atoms. The summed E-state index contributed by atoms with van der Waals surface area (Å²) in [5, 5.41) is 14.0. The van der Waals surface area contributed by atoms with Crippen LogP contribution in [0.1, 0.15) is 44.5 Å². The summed E-state index contributed by atoms with van der Waals surface area (Å²) in [7, 11) is 0. The van der Waals surface area contributed by atoms with Crippen molar-refractivity contribution in [2.24, 2.45) is 5.92 Å². The van der Waals surface area contributed by atoms with Crippen LogP contribution in [-0.2, 0) is 14.4 Å². The van der Waals surface area contributed by atoms with Crippen molar-refractivity contribution in [2.75, 3.05) is 24.7 Å². The van der Waals surface area contributed by atoms with E-state index in [1.54, 1.807) is 26.0 Å². The standard InChI is InChI=1S/C24H30FN3O7/c1-5-28(6-2)15-8-7-14-9-16(24(34)35-19(14)10-15)22(32)27-21(13(3)4)23(33)26-17(11-20(30)31)18(29)12-25/h7-10,13,17,21H,5-6,11-12H2,1-4H3,(H,26,33)(H,27,32)(H,30,31). The Labute approximate surface area is 201 Å². The highest BCUT2D eigenvalue weighted by molar-refractivity contribution is 6.00. The Morgan fingerprint density at radius 1 is 1.09 bits per heavy atom. The molecule has 1 heterocycles. The number of anilines is 1. The molecule has 0 aliphatic rings. The van der Waals surface area contributed by atoms with Gasteiger partial charge in [0.1, 0.15) is 29.9 Å². The van der Waals surface area contributed by atoms with Gasteiger partial charge in [-0.05, 0) is 38.0 Å². The molecule has 2 amide bonds. The number of alkyl halides is 1. The Morgan fingerprint density at radius 3 is 2.29 bits per heavy atom. The van der Waals surface area contributed by atoms with Crippen LogP contribution >= 0.6 is 0 Å². The average molecular weight is 492 g/mol. The molecule has 1 aromatic heterocycles. The number of aliphatic carboxylic acids is 1. The van der Waals surface area contributed by atoms with Gasteiger partial charge in [0.15, 0.2) is 5.78 Å². The summed E-state index contributed by atoms with van der Waals surface area (Å²) in [5.41, 5.74) is -0.0621. The van der Waals surface area contributed by atoms with E-state index in [1.165, 1.54) is 6.07 Å². The van der Waals surface area contributed by atoms with Gasteiger partial charge >= 0.3 is 11.6 Å². The topological polar surface area (TPSA) is 146 Å². The van der Waals surface area contributed by atoms with Crippen molar-refractivity contribution < 1.29 is 33.1 Å². The molecule has 2 aromatic rings. The molecule has 2 rings (SSSR count). The van der Waals surface area contributed by atoms with Gasteiger partial charge in [-0.3, -0.25) is 19.2 Å². The minimum absolute atomic E-state index is 0.301. The van der Waals surface area contributed by atoms with Crippen molar-refractivity contribution in [2.45, 2.75) is 46.2 Å². The smallest absolute Gasteiger partial charge is 0.349 e. The quantitative estimate of drug-likeness (QED) is 0.382. The van der Waals surface area contributed by atoms with Gasteiger partial charge in [-0.2, -0.15) is 0 Å². The highest BCUT2D eigenvalue weighted by Gasteiger charge is 2.30. The summed E-state index contributed by atoms with van der Waals surface area (Å²) in [5.74, 6) is -4.77. The molecule has 0 radical (unpaired) electrons. The molecule has 0 saturated heterocycles. The molecular formula is C24H30FN3O7. The van der Waals surface area contributed by atoms with Crippen LogP contribution in [0.4, 0.5) is 10.1 Å². The molecule has 2 unspecified atom stereocenters. The third-order valence-corrected chi connectivity index (χ3v) is 5.54. The van der Waals surface area contributed by atoms with E-state index < -0.39 is 60.3 Å². The van der Waals surface area contributed by atoms with Crippen LogP contribution in [0.3, 0.4) is 0 Å². The molecule has 1 aromatic carbocycles. The zero-order valence-electron chi connectivity index (χ0n) is 20.1.